The first-order valence-corrected chi connectivity index (χ1v) is 8.34. The molecule has 4 heteroatoms. The Morgan fingerprint density at radius 2 is 1.95 bits per heavy atom. The normalized spacial score (nSPS) is 11.2. The standard InChI is InChI=1S/C18H20ClNOS/c1-4-12-20(13-15-10-11-16(19)22-15)17(21)18(2,3)14-8-6-5-7-9-14/h4-11H,1,12-13H2,2-3H3. The summed E-state index contributed by atoms with van der Waals surface area (Å²) < 4.78 is 0.739. The summed E-state index contributed by atoms with van der Waals surface area (Å²) in [5.41, 5.74) is 0.434. The first kappa shape index (κ1) is 16.8. The van der Waals surface area contributed by atoms with E-state index in [1.165, 1.54) is 11.3 Å². The van der Waals surface area contributed by atoms with Gasteiger partial charge in [0.15, 0.2) is 0 Å². The second-order valence-electron chi connectivity index (χ2n) is 5.67. The Bertz CT molecular complexity index is 648. The van der Waals surface area contributed by atoms with Crippen LogP contribution in [0.5, 0.6) is 0 Å². The largest absolute Gasteiger partial charge is 0.333 e. The maximum Gasteiger partial charge on any atom is 0.233 e. The summed E-state index contributed by atoms with van der Waals surface area (Å²) in [6, 6.07) is 13.7. The van der Waals surface area contributed by atoms with E-state index in [1.54, 1.807) is 6.08 Å². The van der Waals surface area contributed by atoms with Crippen LogP contribution in [0.3, 0.4) is 0 Å². The lowest BCUT2D eigenvalue weighted by Gasteiger charge is -2.31. The van der Waals surface area contributed by atoms with E-state index in [0.717, 1.165) is 14.8 Å². The number of amides is 1. The molecule has 2 rings (SSSR count). The van der Waals surface area contributed by atoms with Gasteiger partial charge in [-0.3, -0.25) is 4.79 Å². The van der Waals surface area contributed by atoms with E-state index in [-0.39, 0.29) is 5.91 Å². The van der Waals surface area contributed by atoms with Gasteiger partial charge in [0.2, 0.25) is 5.91 Å². The van der Waals surface area contributed by atoms with Gasteiger partial charge >= 0.3 is 0 Å². The predicted octanol–water partition coefficient (Wildman–Crippen LogP) is 4.89. The number of nitrogens with zero attached hydrogens (tertiary/aromatic N) is 1. The smallest absolute Gasteiger partial charge is 0.233 e. The highest BCUT2D eigenvalue weighted by molar-refractivity contribution is 7.16. The van der Waals surface area contributed by atoms with Gasteiger partial charge in [-0.25, -0.2) is 0 Å². The molecule has 0 aliphatic carbocycles. The number of benzene rings is 1. The van der Waals surface area contributed by atoms with Gasteiger partial charge in [-0.05, 0) is 31.5 Å². The zero-order chi connectivity index (χ0) is 16.2. The average molecular weight is 334 g/mol. The van der Waals surface area contributed by atoms with E-state index < -0.39 is 5.41 Å². The molecule has 22 heavy (non-hydrogen) atoms. The molecule has 1 amide bonds. The maximum atomic E-state index is 13.0. The Kier molecular flexibility index (Phi) is 5.43. The zero-order valence-corrected chi connectivity index (χ0v) is 14.5. The summed E-state index contributed by atoms with van der Waals surface area (Å²) >= 11 is 7.48. The van der Waals surface area contributed by atoms with Crippen LogP contribution in [0.15, 0.2) is 55.1 Å². The van der Waals surface area contributed by atoms with Crippen LogP contribution in [0.2, 0.25) is 4.34 Å². The molecule has 0 aliphatic rings. The van der Waals surface area contributed by atoms with Gasteiger partial charge in [0.05, 0.1) is 16.3 Å². The SMILES string of the molecule is C=CCN(Cc1ccc(Cl)s1)C(=O)C(C)(C)c1ccccc1. The molecule has 0 bridgehead atoms. The molecule has 0 aliphatic heterocycles. The third kappa shape index (κ3) is 3.79. The summed E-state index contributed by atoms with van der Waals surface area (Å²) in [6.07, 6.45) is 1.76. The average Bonchev–Trinajstić information content (AvgIpc) is 2.92. The molecule has 1 aromatic heterocycles. The minimum absolute atomic E-state index is 0.0862. The molecule has 1 aromatic carbocycles. The van der Waals surface area contributed by atoms with Crippen LogP contribution in [0, 0.1) is 0 Å². The fraction of sp³-hybridized carbons (Fsp3) is 0.278. The van der Waals surface area contributed by atoms with Gasteiger partial charge in [-0.15, -0.1) is 17.9 Å². The number of halogens is 1. The lowest BCUT2D eigenvalue weighted by Crippen LogP contribution is -2.43. The van der Waals surface area contributed by atoms with Crippen molar-refractivity contribution >= 4 is 28.8 Å². The number of carbonyl (C=O) groups excluding carboxylic acids is 1. The molecule has 0 radical (unpaired) electrons. The van der Waals surface area contributed by atoms with Crippen molar-refractivity contribution in [2.75, 3.05) is 6.54 Å². The van der Waals surface area contributed by atoms with Crippen molar-refractivity contribution in [3.8, 4) is 0 Å². The number of hydrogen-bond donors (Lipinski definition) is 0. The molecule has 2 aromatic rings. The van der Waals surface area contributed by atoms with Gasteiger partial charge < -0.3 is 4.90 Å². The molecule has 2 nitrogen and oxygen atoms in total. The van der Waals surface area contributed by atoms with Crippen LogP contribution >= 0.6 is 22.9 Å². The molecular weight excluding hydrogens is 314 g/mol. The topological polar surface area (TPSA) is 20.3 Å². The fourth-order valence-corrected chi connectivity index (χ4v) is 3.48. The monoisotopic (exact) mass is 333 g/mol. The third-order valence-electron chi connectivity index (χ3n) is 3.64. The summed E-state index contributed by atoms with van der Waals surface area (Å²) in [7, 11) is 0. The van der Waals surface area contributed by atoms with E-state index in [0.29, 0.717) is 13.1 Å². The summed E-state index contributed by atoms with van der Waals surface area (Å²) in [5.74, 6) is 0.0862. The Labute approximate surface area is 141 Å². The van der Waals surface area contributed by atoms with Crippen molar-refractivity contribution in [3.05, 3.63) is 69.9 Å². The maximum absolute atomic E-state index is 13.0. The van der Waals surface area contributed by atoms with Gasteiger partial charge in [-0.2, -0.15) is 0 Å². The Balaban J connectivity index is 2.23. The van der Waals surface area contributed by atoms with Crippen LogP contribution in [0.1, 0.15) is 24.3 Å². The van der Waals surface area contributed by atoms with Gasteiger partial charge in [0.1, 0.15) is 0 Å². The minimum atomic E-state index is -0.578. The second-order valence-corrected chi connectivity index (χ2v) is 7.47. The molecular formula is C18H20ClNOS. The second kappa shape index (κ2) is 7.12. The molecule has 0 N–H and O–H groups in total. The van der Waals surface area contributed by atoms with E-state index in [9.17, 15) is 4.79 Å². The number of carbonyl (C=O) groups is 1. The highest BCUT2D eigenvalue weighted by atomic mass is 35.5. The number of hydrogen-bond acceptors (Lipinski definition) is 2. The lowest BCUT2D eigenvalue weighted by atomic mass is 9.83. The van der Waals surface area contributed by atoms with Crippen molar-refractivity contribution in [2.45, 2.75) is 25.8 Å². The highest BCUT2D eigenvalue weighted by Crippen LogP contribution is 2.28. The Hall–Kier alpha value is -1.58. The van der Waals surface area contributed by atoms with Crippen molar-refractivity contribution in [3.63, 3.8) is 0 Å². The van der Waals surface area contributed by atoms with Crippen LogP contribution in [0.4, 0.5) is 0 Å². The molecule has 0 saturated heterocycles. The van der Waals surface area contributed by atoms with Crippen molar-refractivity contribution in [1.82, 2.24) is 4.90 Å². The fourth-order valence-electron chi connectivity index (χ4n) is 2.37. The third-order valence-corrected chi connectivity index (χ3v) is 4.86. The van der Waals surface area contributed by atoms with Crippen LogP contribution in [-0.2, 0) is 16.8 Å². The molecule has 0 fully saturated rings. The molecule has 0 atom stereocenters. The Morgan fingerprint density at radius 3 is 2.50 bits per heavy atom. The van der Waals surface area contributed by atoms with Crippen molar-refractivity contribution in [1.29, 1.82) is 0 Å². The van der Waals surface area contributed by atoms with Gasteiger partial charge in [0.25, 0.3) is 0 Å². The molecule has 0 unspecified atom stereocenters. The van der Waals surface area contributed by atoms with Crippen LogP contribution < -0.4 is 0 Å². The number of rotatable bonds is 6. The van der Waals surface area contributed by atoms with Gasteiger partial charge in [0, 0.05) is 11.4 Å². The number of thiophene rings is 1. The molecule has 0 spiro atoms. The highest BCUT2D eigenvalue weighted by Gasteiger charge is 2.33. The van der Waals surface area contributed by atoms with Crippen molar-refractivity contribution in [2.24, 2.45) is 0 Å². The first-order valence-electron chi connectivity index (χ1n) is 7.15. The van der Waals surface area contributed by atoms with Crippen molar-refractivity contribution < 1.29 is 4.79 Å². The van der Waals surface area contributed by atoms with E-state index in [2.05, 4.69) is 6.58 Å². The summed E-state index contributed by atoms with van der Waals surface area (Å²) in [6.45, 7) is 8.76. The predicted molar refractivity (Wildman–Crippen MR) is 94.4 cm³/mol. The van der Waals surface area contributed by atoms with Gasteiger partial charge in [-0.1, -0.05) is 48.0 Å². The zero-order valence-electron chi connectivity index (χ0n) is 12.9. The summed E-state index contributed by atoms with van der Waals surface area (Å²) in [5, 5.41) is 0. The van der Waals surface area contributed by atoms with Crippen LogP contribution in [-0.4, -0.2) is 17.4 Å². The lowest BCUT2D eigenvalue weighted by molar-refractivity contribution is -0.136. The molecule has 0 saturated carbocycles. The van der Waals surface area contributed by atoms with Crippen LogP contribution in [0.25, 0.3) is 0 Å². The quantitative estimate of drug-likeness (QED) is 0.689. The minimum Gasteiger partial charge on any atom is -0.333 e. The van der Waals surface area contributed by atoms with E-state index in [4.69, 9.17) is 11.6 Å². The molecule has 116 valence electrons. The van der Waals surface area contributed by atoms with E-state index >= 15 is 0 Å². The Morgan fingerprint density at radius 1 is 1.27 bits per heavy atom. The summed E-state index contributed by atoms with van der Waals surface area (Å²) in [4.78, 5) is 15.9. The van der Waals surface area contributed by atoms with E-state index in [1.807, 2.05) is 61.2 Å². The molecule has 1 heterocycles. The first-order chi connectivity index (χ1) is 10.4.